The Morgan fingerprint density at radius 3 is 2.46 bits per heavy atom. The molecule has 1 aliphatic rings. The van der Waals surface area contributed by atoms with Crippen molar-refractivity contribution < 1.29 is 14.4 Å². The van der Waals surface area contributed by atoms with Gasteiger partial charge in [0.15, 0.2) is 5.16 Å². The first-order valence-electron chi connectivity index (χ1n) is 8.46. The largest absolute Gasteiger partial charge is 0.321 e. The zero-order valence-electron chi connectivity index (χ0n) is 15.2. The van der Waals surface area contributed by atoms with E-state index in [9.17, 15) is 14.4 Å². The number of anilines is 1. The van der Waals surface area contributed by atoms with E-state index in [0.717, 1.165) is 10.6 Å². The lowest BCUT2D eigenvalue weighted by atomic mass is 10.1. The summed E-state index contributed by atoms with van der Waals surface area (Å²) in [7, 11) is 1.44. The molecule has 0 bridgehead atoms. The number of hydrogen-bond donors (Lipinski definition) is 1. The van der Waals surface area contributed by atoms with E-state index in [0.29, 0.717) is 22.1 Å². The third-order valence-electron chi connectivity index (χ3n) is 4.51. The van der Waals surface area contributed by atoms with E-state index < -0.39 is 0 Å². The average Bonchev–Trinajstić information content (AvgIpc) is 3.24. The lowest BCUT2D eigenvalue weighted by Crippen LogP contribution is -2.24. The van der Waals surface area contributed by atoms with Gasteiger partial charge in [-0.1, -0.05) is 30.0 Å². The summed E-state index contributed by atoms with van der Waals surface area (Å²) in [6.45, 7) is 0. The molecule has 0 fully saturated rings. The van der Waals surface area contributed by atoms with Crippen molar-refractivity contribution >= 4 is 35.2 Å². The van der Waals surface area contributed by atoms with Crippen molar-refractivity contribution in [2.45, 2.75) is 5.16 Å². The van der Waals surface area contributed by atoms with Crippen molar-refractivity contribution in [2.24, 2.45) is 0 Å². The Hall–Kier alpha value is -3.39. The lowest BCUT2D eigenvalue weighted by Gasteiger charge is -2.11. The number of benzene rings is 2. The predicted molar refractivity (Wildman–Crippen MR) is 106 cm³/mol. The molecule has 8 heteroatoms. The highest BCUT2D eigenvalue weighted by Crippen LogP contribution is 2.26. The zero-order chi connectivity index (χ0) is 19.8. The monoisotopic (exact) mass is 392 g/mol. The van der Waals surface area contributed by atoms with Crippen molar-refractivity contribution in [1.82, 2.24) is 14.5 Å². The van der Waals surface area contributed by atoms with Crippen LogP contribution in [0.25, 0.3) is 5.69 Å². The maximum Gasteiger partial charge on any atom is 0.274 e. The number of thioether (sulfide) groups is 1. The molecule has 3 aromatic rings. The molecule has 2 heterocycles. The summed E-state index contributed by atoms with van der Waals surface area (Å²) < 4.78 is 1.77. The minimum atomic E-state index is -0.380. The number of amides is 3. The number of fused-ring (bicyclic) bond motifs is 1. The summed E-state index contributed by atoms with van der Waals surface area (Å²) in [5, 5.41) is 3.48. The van der Waals surface area contributed by atoms with Crippen molar-refractivity contribution in [1.29, 1.82) is 0 Å². The molecule has 7 nitrogen and oxygen atoms in total. The Morgan fingerprint density at radius 1 is 1.04 bits per heavy atom. The van der Waals surface area contributed by atoms with Crippen molar-refractivity contribution in [3.05, 3.63) is 71.5 Å². The molecule has 0 saturated heterocycles. The molecular weight excluding hydrogens is 376 g/mol. The summed E-state index contributed by atoms with van der Waals surface area (Å²) in [6.07, 6.45) is 3.41. The summed E-state index contributed by atoms with van der Waals surface area (Å²) in [5.41, 5.74) is 2.25. The summed E-state index contributed by atoms with van der Waals surface area (Å²) >= 11 is 1.44. The van der Waals surface area contributed by atoms with Crippen LogP contribution in [0.5, 0.6) is 0 Å². The molecule has 140 valence electrons. The first kappa shape index (κ1) is 18.0. The third-order valence-corrected chi connectivity index (χ3v) is 5.16. The van der Waals surface area contributed by atoms with E-state index in [2.05, 4.69) is 10.3 Å². The van der Waals surface area contributed by atoms with Gasteiger partial charge in [-0.15, -0.1) is 0 Å². The average molecular weight is 392 g/mol. The second-order valence-electron chi connectivity index (χ2n) is 6.18. The molecule has 0 spiro atoms. The van der Waals surface area contributed by atoms with E-state index in [-0.39, 0.29) is 23.3 Å². The van der Waals surface area contributed by atoms with Gasteiger partial charge in [-0.05, 0) is 36.6 Å². The second-order valence-corrected chi connectivity index (χ2v) is 6.96. The Morgan fingerprint density at radius 2 is 1.75 bits per heavy atom. The molecule has 4 rings (SSSR count). The Balaban J connectivity index is 1.67. The van der Waals surface area contributed by atoms with Gasteiger partial charge in [0.05, 0.1) is 17.3 Å². The number of nitrogens with zero attached hydrogens (tertiary/aromatic N) is 3. The minimum Gasteiger partial charge on any atom is -0.321 e. The molecule has 0 aliphatic carbocycles. The number of hydrogen-bond acceptors (Lipinski definition) is 5. The highest BCUT2D eigenvalue weighted by molar-refractivity contribution is 7.98. The van der Waals surface area contributed by atoms with Gasteiger partial charge in [-0.25, -0.2) is 4.98 Å². The topological polar surface area (TPSA) is 84.3 Å². The van der Waals surface area contributed by atoms with Crippen LogP contribution >= 0.6 is 11.8 Å². The van der Waals surface area contributed by atoms with Crippen LogP contribution in [0.4, 0.5) is 5.69 Å². The molecule has 0 radical (unpaired) electrons. The fourth-order valence-electron chi connectivity index (χ4n) is 3.10. The van der Waals surface area contributed by atoms with E-state index in [1.165, 1.54) is 31.1 Å². The molecule has 1 aliphatic heterocycles. The molecule has 1 aromatic heterocycles. The molecule has 28 heavy (non-hydrogen) atoms. The Kier molecular flexibility index (Phi) is 4.48. The van der Waals surface area contributed by atoms with Gasteiger partial charge < -0.3 is 5.32 Å². The van der Waals surface area contributed by atoms with Gasteiger partial charge in [0, 0.05) is 18.4 Å². The number of imide groups is 1. The number of carbonyl (C=O) groups is 3. The Labute approximate surface area is 165 Å². The summed E-state index contributed by atoms with van der Waals surface area (Å²) in [4.78, 5) is 42.5. The van der Waals surface area contributed by atoms with E-state index in [4.69, 9.17) is 0 Å². The van der Waals surface area contributed by atoms with Crippen LogP contribution in [0.2, 0.25) is 0 Å². The molecule has 3 amide bonds. The van der Waals surface area contributed by atoms with E-state index in [1.807, 2.05) is 36.6 Å². The fraction of sp³-hybridized carbons (Fsp3) is 0.100. The van der Waals surface area contributed by atoms with E-state index in [1.54, 1.807) is 16.7 Å². The molecule has 0 unspecified atom stereocenters. The van der Waals surface area contributed by atoms with Gasteiger partial charge in [0.25, 0.3) is 17.7 Å². The number of nitrogens with one attached hydrogen (secondary N) is 1. The van der Waals surface area contributed by atoms with Crippen LogP contribution in [0.1, 0.15) is 31.2 Å². The van der Waals surface area contributed by atoms with Gasteiger partial charge in [-0.2, -0.15) is 0 Å². The van der Waals surface area contributed by atoms with E-state index >= 15 is 0 Å². The number of rotatable bonds is 4. The SMILES string of the molecule is CSc1ncc(C(=O)Nc2ccc3c(c2)C(=O)N(C)C3=O)n1-c1ccccc1. The smallest absolute Gasteiger partial charge is 0.274 e. The number of aromatic nitrogens is 2. The first-order chi connectivity index (χ1) is 13.5. The first-order valence-corrected chi connectivity index (χ1v) is 9.68. The van der Waals surface area contributed by atoms with Crippen LogP contribution in [0, 0.1) is 0 Å². The molecule has 0 saturated carbocycles. The van der Waals surface area contributed by atoms with Crippen LogP contribution in [-0.2, 0) is 0 Å². The minimum absolute atomic E-state index is 0.284. The van der Waals surface area contributed by atoms with Gasteiger partial charge in [0.1, 0.15) is 5.69 Å². The molecule has 1 N–H and O–H groups in total. The normalized spacial score (nSPS) is 13.0. The van der Waals surface area contributed by atoms with Gasteiger partial charge >= 0.3 is 0 Å². The standard InChI is InChI=1S/C20H16N4O3S/c1-23-18(26)14-9-8-12(10-15(14)19(23)27)22-17(25)16-11-21-20(28-2)24(16)13-6-4-3-5-7-13/h3-11H,1-2H3,(H,22,25). The summed E-state index contributed by atoms with van der Waals surface area (Å²) in [5.74, 6) is -1.08. The van der Waals surface area contributed by atoms with Gasteiger partial charge in [-0.3, -0.25) is 23.9 Å². The van der Waals surface area contributed by atoms with Crippen LogP contribution in [0.3, 0.4) is 0 Å². The molecule has 2 aromatic carbocycles. The highest BCUT2D eigenvalue weighted by Gasteiger charge is 2.32. The molecular formula is C20H16N4O3S. The highest BCUT2D eigenvalue weighted by atomic mass is 32.2. The second kappa shape index (κ2) is 6.97. The molecule has 0 atom stereocenters. The van der Waals surface area contributed by atoms with Gasteiger partial charge in [0.2, 0.25) is 0 Å². The number of para-hydroxylation sites is 1. The van der Waals surface area contributed by atoms with Crippen molar-refractivity contribution in [3.63, 3.8) is 0 Å². The number of carbonyl (C=O) groups excluding carboxylic acids is 3. The zero-order valence-corrected chi connectivity index (χ0v) is 16.0. The van der Waals surface area contributed by atoms with Crippen molar-refractivity contribution in [2.75, 3.05) is 18.6 Å². The van der Waals surface area contributed by atoms with Crippen LogP contribution in [-0.4, -0.2) is 45.5 Å². The third kappa shape index (κ3) is 2.87. The fourth-order valence-corrected chi connectivity index (χ4v) is 3.64. The lowest BCUT2D eigenvalue weighted by molar-refractivity contribution is 0.0692. The Bertz CT molecular complexity index is 1110. The van der Waals surface area contributed by atoms with Crippen LogP contribution < -0.4 is 5.32 Å². The maximum atomic E-state index is 12.9. The summed E-state index contributed by atoms with van der Waals surface area (Å²) in [6, 6.07) is 14.2. The maximum absolute atomic E-state index is 12.9. The predicted octanol–water partition coefficient (Wildman–Crippen LogP) is 3.07. The van der Waals surface area contributed by atoms with Crippen LogP contribution in [0.15, 0.2) is 59.9 Å². The van der Waals surface area contributed by atoms with Crippen molar-refractivity contribution in [3.8, 4) is 5.69 Å². The number of imidazole rings is 1. The quantitative estimate of drug-likeness (QED) is 0.545.